The number of nitrogens with zero attached hydrogens (tertiary/aromatic N) is 2. The first-order valence-electron chi connectivity index (χ1n) is 6.06. The van der Waals surface area contributed by atoms with Gasteiger partial charge >= 0.3 is 6.18 Å². The van der Waals surface area contributed by atoms with Gasteiger partial charge in [-0.1, -0.05) is 23.7 Å². The molecule has 0 unspecified atom stereocenters. The van der Waals surface area contributed by atoms with E-state index in [9.17, 15) is 13.2 Å². The monoisotopic (exact) mass is 315 g/mol. The minimum absolute atomic E-state index is 0.155. The van der Waals surface area contributed by atoms with Crippen LogP contribution in [-0.2, 0) is 12.7 Å². The van der Waals surface area contributed by atoms with E-state index < -0.39 is 11.7 Å². The average Bonchev–Trinajstić information content (AvgIpc) is 2.37. The molecule has 21 heavy (non-hydrogen) atoms. The van der Waals surface area contributed by atoms with Gasteiger partial charge in [0.25, 0.3) is 0 Å². The Kier molecular flexibility index (Phi) is 4.27. The Morgan fingerprint density at radius 3 is 2.57 bits per heavy atom. The first-order valence-corrected chi connectivity index (χ1v) is 6.44. The SMILES string of the molecule is CN(Cc1cccc(Cl)c1)c1cc(C(F)(F)F)cc(N)n1. The van der Waals surface area contributed by atoms with E-state index in [-0.39, 0.29) is 11.6 Å². The van der Waals surface area contributed by atoms with Crippen LogP contribution in [0, 0.1) is 0 Å². The van der Waals surface area contributed by atoms with Crippen LogP contribution in [0.1, 0.15) is 11.1 Å². The summed E-state index contributed by atoms with van der Waals surface area (Å²) in [6.07, 6.45) is -4.46. The summed E-state index contributed by atoms with van der Waals surface area (Å²) < 4.78 is 38.3. The molecule has 0 aliphatic rings. The van der Waals surface area contributed by atoms with E-state index in [1.165, 1.54) is 0 Å². The largest absolute Gasteiger partial charge is 0.416 e. The zero-order valence-corrected chi connectivity index (χ0v) is 11.9. The summed E-state index contributed by atoms with van der Waals surface area (Å²) in [6, 6.07) is 8.87. The summed E-state index contributed by atoms with van der Waals surface area (Å²) in [5, 5.41) is 0.567. The third-order valence-corrected chi connectivity index (χ3v) is 3.09. The highest BCUT2D eigenvalue weighted by Gasteiger charge is 2.31. The second-order valence-electron chi connectivity index (χ2n) is 4.62. The second-order valence-corrected chi connectivity index (χ2v) is 5.06. The number of hydrogen-bond donors (Lipinski definition) is 1. The lowest BCUT2D eigenvalue weighted by molar-refractivity contribution is -0.137. The molecule has 0 spiro atoms. The van der Waals surface area contributed by atoms with Crippen molar-refractivity contribution in [3.05, 3.63) is 52.5 Å². The standard InChI is InChI=1S/C14H13ClF3N3/c1-21(8-9-3-2-4-11(15)5-9)13-7-10(14(16,17)18)6-12(19)20-13/h2-7H,8H2,1H3,(H2,19,20). The first-order chi connectivity index (χ1) is 9.75. The van der Waals surface area contributed by atoms with Crippen molar-refractivity contribution in [1.29, 1.82) is 0 Å². The summed E-state index contributed by atoms with van der Waals surface area (Å²) in [5.74, 6) is -0.0138. The van der Waals surface area contributed by atoms with E-state index in [0.717, 1.165) is 17.7 Å². The molecule has 1 heterocycles. The minimum Gasteiger partial charge on any atom is -0.384 e. The molecule has 1 aromatic carbocycles. The van der Waals surface area contributed by atoms with Crippen LogP contribution in [-0.4, -0.2) is 12.0 Å². The molecule has 0 saturated heterocycles. The van der Waals surface area contributed by atoms with Crippen LogP contribution in [0.4, 0.5) is 24.8 Å². The lowest BCUT2D eigenvalue weighted by Crippen LogP contribution is -2.19. The summed E-state index contributed by atoms with van der Waals surface area (Å²) in [4.78, 5) is 5.52. The Bertz CT molecular complexity index is 644. The van der Waals surface area contributed by atoms with Crippen LogP contribution in [0.3, 0.4) is 0 Å². The number of nitrogen functional groups attached to an aromatic ring is 1. The molecule has 0 fully saturated rings. The van der Waals surface area contributed by atoms with Crippen LogP contribution in [0.15, 0.2) is 36.4 Å². The summed E-state index contributed by atoms with van der Waals surface area (Å²) in [7, 11) is 1.64. The van der Waals surface area contributed by atoms with Crippen molar-refractivity contribution in [2.45, 2.75) is 12.7 Å². The number of benzene rings is 1. The highest BCUT2D eigenvalue weighted by Crippen LogP contribution is 2.32. The van der Waals surface area contributed by atoms with Crippen molar-refractivity contribution in [2.75, 3.05) is 17.7 Å². The fraction of sp³-hybridized carbons (Fsp3) is 0.214. The first kappa shape index (κ1) is 15.4. The maximum absolute atomic E-state index is 12.8. The molecule has 112 valence electrons. The van der Waals surface area contributed by atoms with Gasteiger partial charge in [-0.15, -0.1) is 0 Å². The maximum atomic E-state index is 12.8. The van der Waals surface area contributed by atoms with Crippen molar-refractivity contribution >= 4 is 23.2 Å². The molecule has 0 radical (unpaired) electrons. The highest BCUT2D eigenvalue weighted by molar-refractivity contribution is 6.30. The van der Waals surface area contributed by atoms with Gasteiger partial charge < -0.3 is 10.6 Å². The minimum atomic E-state index is -4.46. The van der Waals surface area contributed by atoms with Gasteiger partial charge in [-0.3, -0.25) is 0 Å². The molecule has 7 heteroatoms. The number of anilines is 2. The predicted octanol–water partition coefficient (Wildman–Crippen LogP) is 3.97. The van der Waals surface area contributed by atoms with E-state index in [1.54, 1.807) is 30.1 Å². The van der Waals surface area contributed by atoms with Crippen molar-refractivity contribution in [3.8, 4) is 0 Å². The number of aromatic nitrogens is 1. The Morgan fingerprint density at radius 1 is 1.24 bits per heavy atom. The van der Waals surface area contributed by atoms with Gasteiger partial charge in [-0.05, 0) is 29.8 Å². The van der Waals surface area contributed by atoms with Crippen LogP contribution in [0.5, 0.6) is 0 Å². The number of pyridine rings is 1. The van der Waals surface area contributed by atoms with Crippen molar-refractivity contribution in [1.82, 2.24) is 4.98 Å². The molecule has 0 aliphatic carbocycles. The van der Waals surface area contributed by atoms with Gasteiger partial charge in [0.2, 0.25) is 0 Å². The predicted molar refractivity (Wildman–Crippen MR) is 77.2 cm³/mol. The van der Waals surface area contributed by atoms with Gasteiger partial charge in [-0.2, -0.15) is 13.2 Å². The molecule has 1 aromatic heterocycles. The molecule has 3 nitrogen and oxygen atoms in total. The molecule has 0 saturated carbocycles. The quantitative estimate of drug-likeness (QED) is 0.931. The van der Waals surface area contributed by atoms with Gasteiger partial charge in [0.15, 0.2) is 0 Å². The number of hydrogen-bond acceptors (Lipinski definition) is 3. The lowest BCUT2D eigenvalue weighted by atomic mass is 10.2. The molecule has 0 atom stereocenters. The van der Waals surface area contributed by atoms with Crippen molar-refractivity contribution in [3.63, 3.8) is 0 Å². The molecule has 2 aromatic rings. The van der Waals surface area contributed by atoms with E-state index in [4.69, 9.17) is 17.3 Å². The van der Waals surface area contributed by atoms with Crippen LogP contribution in [0.25, 0.3) is 0 Å². The molecule has 0 aliphatic heterocycles. The van der Waals surface area contributed by atoms with Crippen molar-refractivity contribution < 1.29 is 13.2 Å². The zero-order valence-electron chi connectivity index (χ0n) is 11.2. The molecule has 0 amide bonds. The van der Waals surface area contributed by atoms with Crippen LogP contribution in [0.2, 0.25) is 5.02 Å². The van der Waals surface area contributed by atoms with Gasteiger partial charge in [0.05, 0.1) is 5.56 Å². The van der Waals surface area contributed by atoms with Gasteiger partial charge in [0.1, 0.15) is 11.6 Å². The zero-order chi connectivity index (χ0) is 15.6. The topological polar surface area (TPSA) is 42.1 Å². The molecule has 0 bridgehead atoms. The van der Waals surface area contributed by atoms with E-state index in [0.29, 0.717) is 11.6 Å². The smallest absolute Gasteiger partial charge is 0.384 e. The number of alkyl halides is 3. The van der Waals surface area contributed by atoms with Gasteiger partial charge in [-0.25, -0.2) is 4.98 Å². The van der Waals surface area contributed by atoms with E-state index in [2.05, 4.69) is 4.98 Å². The third-order valence-electron chi connectivity index (χ3n) is 2.86. The number of halogens is 4. The Hall–Kier alpha value is -1.95. The van der Waals surface area contributed by atoms with Gasteiger partial charge in [0, 0.05) is 18.6 Å². The highest BCUT2D eigenvalue weighted by atomic mass is 35.5. The molecule has 2 N–H and O–H groups in total. The Labute approximate surface area is 125 Å². The maximum Gasteiger partial charge on any atom is 0.416 e. The average molecular weight is 316 g/mol. The number of rotatable bonds is 3. The number of nitrogens with two attached hydrogens (primary N) is 1. The van der Waals surface area contributed by atoms with Crippen molar-refractivity contribution in [2.24, 2.45) is 0 Å². The van der Waals surface area contributed by atoms with Crippen LogP contribution < -0.4 is 10.6 Å². The van der Waals surface area contributed by atoms with E-state index >= 15 is 0 Å². The summed E-state index contributed by atoms with van der Waals surface area (Å²) in [6.45, 7) is 0.369. The summed E-state index contributed by atoms with van der Waals surface area (Å²) in [5.41, 5.74) is 5.50. The Morgan fingerprint density at radius 2 is 1.95 bits per heavy atom. The van der Waals surface area contributed by atoms with Crippen LogP contribution >= 0.6 is 11.6 Å². The fourth-order valence-electron chi connectivity index (χ4n) is 1.89. The lowest BCUT2D eigenvalue weighted by Gasteiger charge is -2.20. The van der Waals surface area contributed by atoms with E-state index in [1.807, 2.05) is 6.07 Å². The Balaban J connectivity index is 2.27. The molecular weight excluding hydrogens is 303 g/mol. The fourth-order valence-corrected chi connectivity index (χ4v) is 2.10. The second kappa shape index (κ2) is 5.81. The normalized spacial score (nSPS) is 11.5. The third kappa shape index (κ3) is 4.01. The molecule has 2 rings (SSSR count). The molecular formula is C14H13ClF3N3. The summed E-state index contributed by atoms with van der Waals surface area (Å²) >= 11 is 5.88.